The molecule has 0 saturated carbocycles. The topological polar surface area (TPSA) is 79.8 Å². The second kappa shape index (κ2) is 3.96. The number of alkyl halides is 2. The Labute approximate surface area is 83.1 Å². The molecule has 1 heterocycles. The normalized spacial score (nSPS) is 10.1. The third-order valence-electron chi connectivity index (χ3n) is 1.80. The molecule has 1 aromatic rings. The third-order valence-corrected chi connectivity index (χ3v) is 1.80. The van der Waals surface area contributed by atoms with Crippen molar-refractivity contribution in [3.05, 3.63) is 33.1 Å². The number of hydrogen-bond acceptors (Lipinski definition) is 4. The van der Waals surface area contributed by atoms with Crippen LogP contribution < -0.4 is 0 Å². The van der Waals surface area contributed by atoms with E-state index in [0.29, 0.717) is 0 Å². The summed E-state index contributed by atoms with van der Waals surface area (Å²) >= 11 is 0. The lowest BCUT2D eigenvalue weighted by atomic mass is 10.1. The van der Waals surface area contributed by atoms with Gasteiger partial charge in [0, 0.05) is 0 Å². The zero-order valence-electron chi connectivity index (χ0n) is 7.57. The Hall–Kier alpha value is -2.10. The van der Waals surface area contributed by atoms with Gasteiger partial charge in [0.2, 0.25) is 0 Å². The van der Waals surface area contributed by atoms with Crippen LogP contribution in [0.5, 0.6) is 0 Å². The van der Waals surface area contributed by atoms with Crippen molar-refractivity contribution < 1.29 is 13.7 Å². The highest BCUT2D eigenvalue weighted by atomic mass is 19.3. The van der Waals surface area contributed by atoms with Crippen LogP contribution in [0.3, 0.4) is 0 Å². The maximum absolute atomic E-state index is 12.4. The van der Waals surface area contributed by atoms with Gasteiger partial charge in [0.25, 0.3) is 12.1 Å². The Bertz CT molecular complexity index is 454. The zero-order valence-corrected chi connectivity index (χ0v) is 7.57. The van der Waals surface area contributed by atoms with Crippen LogP contribution in [0.15, 0.2) is 6.07 Å². The average molecular weight is 213 g/mol. The molecule has 0 N–H and O–H groups in total. The molecule has 0 unspecified atom stereocenters. The van der Waals surface area contributed by atoms with E-state index in [0.717, 1.165) is 6.07 Å². The summed E-state index contributed by atoms with van der Waals surface area (Å²) in [4.78, 5) is 13.0. The molecule has 0 spiro atoms. The summed E-state index contributed by atoms with van der Waals surface area (Å²) < 4.78 is 24.8. The highest BCUT2D eigenvalue weighted by Crippen LogP contribution is 2.27. The minimum Gasteiger partial charge on any atom is -0.258 e. The smallest absolute Gasteiger partial charge is 0.258 e. The van der Waals surface area contributed by atoms with Crippen LogP contribution in [-0.4, -0.2) is 9.91 Å². The highest BCUT2D eigenvalue weighted by molar-refractivity contribution is 5.46. The van der Waals surface area contributed by atoms with E-state index in [1.807, 2.05) is 0 Å². The summed E-state index contributed by atoms with van der Waals surface area (Å²) in [5.41, 5.74) is -1.84. The van der Waals surface area contributed by atoms with Gasteiger partial charge in [-0.05, 0) is 6.92 Å². The van der Waals surface area contributed by atoms with E-state index in [-0.39, 0.29) is 11.3 Å². The number of halogens is 2. The average Bonchev–Trinajstić information content (AvgIpc) is 2.17. The van der Waals surface area contributed by atoms with Gasteiger partial charge in [0.15, 0.2) is 0 Å². The molecule has 0 bridgehead atoms. The number of aromatic nitrogens is 1. The third kappa shape index (κ3) is 2.04. The van der Waals surface area contributed by atoms with Gasteiger partial charge < -0.3 is 0 Å². The SMILES string of the molecule is Cc1c([N+](=O)[O-])cc(C#N)nc1C(F)F. The number of hydrogen-bond donors (Lipinski definition) is 0. The van der Waals surface area contributed by atoms with Gasteiger partial charge in [-0.25, -0.2) is 13.8 Å². The molecule has 15 heavy (non-hydrogen) atoms. The van der Waals surface area contributed by atoms with Gasteiger partial charge in [-0.2, -0.15) is 5.26 Å². The fourth-order valence-electron chi connectivity index (χ4n) is 1.07. The van der Waals surface area contributed by atoms with E-state index in [2.05, 4.69) is 4.98 Å². The van der Waals surface area contributed by atoms with Crippen molar-refractivity contribution >= 4 is 5.69 Å². The van der Waals surface area contributed by atoms with Gasteiger partial charge in [-0.1, -0.05) is 0 Å². The lowest BCUT2D eigenvalue weighted by Crippen LogP contribution is -2.02. The van der Waals surface area contributed by atoms with Crippen molar-refractivity contribution in [3.63, 3.8) is 0 Å². The van der Waals surface area contributed by atoms with Crippen LogP contribution in [-0.2, 0) is 0 Å². The minimum atomic E-state index is -2.93. The Morgan fingerprint density at radius 2 is 2.27 bits per heavy atom. The summed E-state index contributed by atoms with van der Waals surface area (Å²) in [5, 5.41) is 18.9. The van der Waals surface area contributed by atoms with E-state index in [1.165, 1.54) is 13.0 Å². The summed E-state index contributed by atoms with van der Waals surface area (Å²) in [7, 11) is 0. The lowest BCUT2D eigenvalue weighted by molar-refractivity contribution is -0.385. The number of pyridine rings is 1. The van der Waals surface area contributed by atoms with E-state index >= 15 is 0 Å². The van der Waals surface area contributed by atoms with E-state index in [9.17, 15) is 18.9 Å². The minimum absolute atomic E-state index is 0.214. The van der Waals surface area contributed by atoms with Crippen molar-refractivity contribution in [3.8, 4) is 6.07 Å². The van der Waals surface area contributed by atoms with Crippen LogP contribution in [0, 0.1) is 28.4 Å². The summed E-state index contributed by atoms with van der Waals surface area (Å²) in [6.45, 7) is 1.17. The maximum Gasteiger partial charge on any atom is 0.280 e. The zero-order chi connectivity index (χ0) is 11.6. The van der Waals surface area contributed by atoms with Gasteiger partial charge >= 0.3 is 0 Å². The number of nitriles is 1. The van der Waals surface area contributed by atoms with Crippen molar-refractivity contribution in [2.45, 2.75) is 13.3 Å². The predicted octanol–water partition coefficient (Wildman–Crippen LogP) is 2.11. The van der Waals surface area contributed by atoms with Crippen LogP contribution in [0.2, 0.25) is 0 Å². The molecule has 78 valence electrons. The molecule has 0 aliphatic carbocycles. The lowest BCUT2D eigenvalue weighted by Gasteiger charge is -2.04. The second-order valence-corrected chi connectivity index (χ2v) is 2.71. The number of nitrogens with zero attached hydrogens (tertiary/aromatic N) is 3. The van der Waals surface area contributed by atoms with Crippen LogP contribution in [0.4, 0.5) is 14.5 Å². The summed E-state index contributed by atoms with van der Waals surface area (Å²) in [6, 6.07) is 2.37. The van der Waals surface area contributed by atoms with Crippen LogP contribution in [0.25, 0.3) is 0 Å². The molecular weight excluding hydrogens is 208 g/mol. The Morgan fingerprint density at radius 3 is 2.67 bits per heavy atom. The first-order valence-electron chi connectivity index (χ1n) is 3.81. The van der Waals surface area contributed by atoms with Crippen LogP contribution >= 0.6 is 0 Å². The molecule has 1 rings (SSSR count). The molecule has 5 nitrogen and oxygen atoms in total. The fraction of sp³-hybridized carbons (Fsp3) is 0.250. The molecule has 1 aromatic heterocycles. The van der Waals surface area contributed by atoms with Crippen LogP contribution in [0.1, 0.15) is 23.4 Å². The van der Waals surface area contributed by atoms with Crippen molar-refractivity contribution in [2.24, 2.45) is 0 Å². The Morgan fingerprint density at radius 1 is 1.67 bits per heavy atom. The summed E-state index contributed by atoms with van der Waals surface area (Å²) in [5.74, 6) is 0. The first-order chi connectivity index (χ1) is 6.97. The predicted molar refractivity (Wildman–Crippen MR) is 45.3 cm³/mol. The standard InChI is InChI=1S/C8H5F2N3O2/c1-4-6(13(14)15)2-5(3-11)12-7(4)8(9)10/h2,8H,1H3. The van der Waals surface area contributed by atoms with Crippen molar-refractivity contribution in [1.82, 2.24) is 4.98 Å². The quantitative estimate of drug-likeness (QED) is 0.556. The van der Waals surface area contributed by atoms with Gasteiger partial charge in [-0.3, -0.25) is 10.1 Å². The van der Waals surface area contributed by atoms with E-state index in [4.69, 9.17) is 5.26 Å². The van der Waals surface area contributed by atoms with Gasteiger partial charge in [-0.15, -0.1) is 0 Å². The Balaban J connectivity index is 3.49. The number of rotatable bonds is 2. The first kappa shape index (κ1) is 11.0. The second-order valence-electron chi connectivity index (χ2n) is 2.71. The molecule has 0 aliphatic heterocycles. The molecule has 7 heteroatoms. The highest BCUT2D eigenvalue weighted by Gasteiger charge is 2.22. The monoisotopic (exact) mass is 213 g/mol. The molecule has 0 aromatic carbocycles. The van der Waals surface area contributed by atoms with Crippen molar-refractivity contribution in [1.29, 1.82) is 5.26 Å². The van der Waals surface area contributed by atoms with Gasteiger partial charge in [0.05, 0.1) is 16.6 Å². The summed E-state index contributed by atoms with van der Waals surface area (Å²) in [6.07, 6.45) is -2.93. The van der Waals surface area contributed by atoms with E-state index in [1.54, 1.807) is 0 Å². The van der Waals surface area contributed by atoms with E-state index < -0.39 is 22.7 Å². The molecule has 0 atom stereocenters. The Kier molecular flexibility index (Phi) is 2.90. The van der Waals surface area contributed by atoms with Gasteiger partial charge in [0.1, 0.15) is 17.5 Å². The molecule has 0 saturated heterocycles. The fourth-order valence-corrected chi connectivity index (χ4v) is 1.07. The molecule has 0 amide bonds. The number of nitro groups is 1. The maximum atomic E-state index is 12.4. The largest absolute Gasteiger partial charge is 0.280 e. The molecule has 0 aliphatic rings. The van der Waals surface area contributed by atoms with Crippen molar-refractivity contribution in [2.75, 3.05) is 0 Å². The molecular formula is C8H5F2N3O2. The molecule has 0 fully saturated rings. The first-order valence-corrected chi connectivity index (χ1v) is 3.81. The molecule has 0 radical (unpaired) electrons.